The molecule has 1 aromatic carbocycles. The quantitative estimate of drug-likeness (QED) is 0.823. The van der Waals surface area contributed by atoms with E-state index in [9.17, 15) is 9.90 Å². The molecule has 0 saturated carbocycles. The molecule has 0 spiro atoms. The van der Waals surface area contributed by atoms with Crippen LogP contribution in [0.4, 0.5) is 4.79 Å². The summed E-state index contributed by atoms with van der Waals surface area (Å²) >= 11 is 6.24. The van der Waals surface area contributed by atoms with Crippen molar-refractivity contribution in [3.05, 3.63) is 34.9 Å². The van der Waals surface area contributed by atoms with Gasteiger partial charge in [0.15, 0.2) is 0 Å². The zero-order valence-corrected chi connectivity index (χ0v) is 11.2. The Labute approximate surface area is 112 Å². The Bertz CT molecular complexity index is 466. The first kappa shape index (κ1) is 13.2. The van der Waals surface area contributed by atoms with Crippen LogP contribution in [0.25, 0.3) is 0 Å². The van der Waals surface area contributed by atoms with Crippen molar-refractivity contribution in [2.24, 2.45) is 0 Å². The summed E-state index contributed by atoms with van der Waals surface area (Å²) < 4.78 is 0. The number of hydrogen-bond acceptors (Lipinski definition) is 2. The van der Waals surface area contributed by atoms with Crippen molar-refractivity contribution in [3.63, 3.8) is 0 Å². The number of rotatable bonds is 1. The third-order valence-corrected chi connectivity index (χ3v) is 4.17. The van der Waals surface area contributed by atoms with E-state index in [0.29, 0.717) is 18.1 Å². The van der Waals surface area contributed by atoms with Gasteiger partial charge in [-0.1, -0.05) is 29.8 Å². The second-order valence-corrected chi connectivity index (χ2v) is 5.14. The van der Waals surface area contributed by atoms with Crippen LogP contribution in [0.5, 0.6) is 0 Å². The molecule has 1 fully saturated rings. The number of nitrogens with zero attached hydrogens (tertiary/aromatic N) is 1. The SMILES string of the molecule is CC1NCCN(C(=O)O)C1(C)c1ccccc1Cl. The molecule has 4 nitrogen and oxygen atoms in total. The summed E-state index contributed by atoms with van der Waals surface area (Å²) in [5.41, 5.74) is 0.191. The molecule has 1 amide bonds. The summed E-state index contributed by atoms with van der Waals surface area (Å²) in [6.07, 6.45) is -0.911. The normalized spacial score (nSPS) is 28.2. The smallest absolute Gasteiger partial charge is 0.408 e. The van der Waals surface area contributed by atoms with Gasteiger partial charge >= 0.3 is 6.09 Å². The van der Waals surface area contributed by atoms with Crippen molar-refractivity contribution in [1.82, 2.24) is 10.2 Å². The maximum absolute atomic E-state index is 11.5. The molecule has 1 aromatic rings. The summed E-state index contributed by atoms with van der Waals surface area (Å²) in [6.45, 7) is 5.02. The van der Waals surface area contributed by atoms with Crippen molar-refractivity contribution in [1.29, 1.82) is 0 Å². The highest BCUT2D eigenvalue weighted by Crippen LogP contribution is 2.37. The van der Waals surface area contributed by atoms with Gasteiger partial charge in [-0.25, -0.2) is 4.79 Å². The molecule has 2 rings (SSSR count). The molecule has 5 heteroatoms. The molecule has 1 aliphatic rings. The number of carbonyl (C=O) groups is 1. The number of nitrogens with one attached hydrogen (secondary N) is 1. The fraction of sp³-hybridized carbons (Fsp3) is 0.462. The Hall–Kier alpha value is -1.26. The number of benzene rings is 1. The number of carboxylic acid groups (broad SMARTS) is 1. The van der Waals surface area contributed by atoms with Crippen LogP contribution in [-0.4, -0.2) is 35.2 Å². The number of hydrogen-bond donors (Lipinski definition) is 2. The topological polar surface area (TPSA) is 52.6 Å². The van der Waals surface area contributed by atoms with Gasteiger partial charge < -0.3 is 10.4 Å². The van der Waals surface area contributed by atoms with Gasteiger partial charge in [0.2, 0.25) is 0 Å². The lowest BCUT2D eigenvalue weighted by atomic mass is 9.82. The molecule has 0 bridgehead atoms. The molecule has 0 aliphatic carbocycles. The minimum absolute atomic E-state index is 0.00208. The minimum atomic E-state index is -0.911. The summed E-state index contributed by atoms with van der Waals surface area (Å²) in [6, 6.07) is 7.42. The molecule has 18 heavy (non-hydrogen) atoms. The zero-order valence-electron chi connectivity index (χ0n) is 10.5. The molecule has 1 saturated heterocycles. The molecule has 0 aromatic heterocycles. The zero-order chi connectivity index (χ0) is 13.3. The standard InChI is InChI=1S/C13H17ClN2O2/c1-9-13(2,10-5-3-4-6-11(10)14)16(12(17)18)8-7-15-9/h3-6,9,15H,7-8H2,1-2H3,(H,17,18). The van der Waals surface area contributed by atoms with E-state index in [1.54, 1.807) is 6.07 Å². The van der Waals surface area contributed by atoms with Crippen LogP contribution in [-0.2, 0) is 5.54 Å². The predicted octanol–water partition coefficient (Wildman–Crippen LogP) is 2.53. The van der Waals surface area contributed by atoms with Gasteiger partial charge in [0.1, 0.15) is 0 Å². The van der Waals surface area contributed by atoms with Crippen LogP contribution in [0.15, 0.2) is 24.3 Å². The summed E-state index contributed by atoms with van der Waals surface area (Å²) in [5.74, 6) is 0. The molecule has 1 heterocycles. The average Bonchev–Trinajstić information content (AvgIpc) is 2.32. The first-order valence-electron chi connectivity index (χ1n) is 5.97. The van der Waals surface area contributed by atoms with E-state index < -0.39 is 11.6 Å². The van der Waals surface area contributed by atoms with Gasteiger partial charge in [0.05, 0.1) is 5.54 Å². The van der Waals surface area contributed by atoms with E-state index in [1.807, 2.05) is 32.0 Å². The highest BCUT2D eigenvalue weighted by Gasteiger charge is 2.45. The molecule has 2 unspecified atom stereocenters. The summed E-state index contributed by atoms with van der Waals surface area (Å²) in [4.78, 5) is 12.9. The van der Waals surface area contributed by atoms with E-state index >= 15 is 0 Å². The molecule has 2 atom stereocenters. The molecule has 0 radical (unpaired) electrons. The van der Waals surface area contributed by atoms with E-state index in [1.165, 1.54) is 4.90 Å². The van der Waals surface area contributed by atoms with E-state index in [4.69, 9.17) is 11.6 Å². The molecule has 98 valence electrons. The van der Waals surface area contributed by atoms with Crippen molar-refractivity contribution in [3.8, 4) is 0 Å². The van der Waals surface area contributed by atoms with Crippen LogP contribution in [0.2, 0.25) is 5.02 Å². The van der Waals surface area contributed by atoms with Crippen molar-refractivity contribution < 1.29 is 9.90 Å². The van der Waals surface area contributed by atoms with Gasteiger partial charge in [-0.2, -0.15) is 0 Å². The molecular weight excluding hydrogens is 252 g/mol. The lowest BCUT2D eigenvalue weighted by Crippen LogP contribution is -2.64. The van der Waals surface area contributed by atoms with Crippen molar-refractivity contribution >= 4 is 17.7 Å². The summed E-state index contributed by atoms with van der Waals surface area (Å²) in [5, 5.41) is 13.3. The Kier molecular flexibility index (Phi) is 3.50. The monoisotopic (exact) mass is 268 g/mol. The van der Waals surface area contributed by atoms with Crippen molar-refractivity contribution in [2.75, 3.05) is 13.1 Å². The second-order valence-electron chi connectivity index (χ2n) is 4.74. The molecule has 2 N–H and O–H groups in total. The first-order valence-corrected chi connectivity index (χ1v) is 6.34. The fourth-order valence-corrected chi connectivity index (χ4v) is 2.93. The third kappa shape index (κ3) is 1.95. The van der Waals surface area contributed by atoms with E-state index in [-0.39, 0.29) is 6.04 Å². The summed E-state index contributed by atoms with van der Waals surface area (Å²) in [7, 11) is 0. The van der Waals surface area contributed by atoms with Crippen LogP contribution in [0, 0.1) is 0 Å². The van der Waals surface area contributed by atoms with Crippen LogP contribution < -0.4 is 5.32 Å². The highest BCUT2D eigenvalue weighted by molar-refractivity contribution is 6.31. The first-order chi connectivity index (χ1) is 8.48. The highest BCUT2D eigenvalue weighted by atomic mass is 35.5. The average molecular weight is 269 g/mol. The largest absolute Gasteiger partial charge is 0.465 e. The Morgan fingerprint density at radius 3 is 2.83 bits per heavy atom. The lowest BCUT2D eigenvalue weighted by molar-refractivity contribution is 0.0399. The van der Waals surface area contributed by atoms with Gasteiger partial charge in [-0.15, -0.1) is 0 Å². The van der Waals surface area contributed by atoms with Crippen LogP contribution in [0.3, 0.4) is 0 Å². The third-order valence-electron chi connectivity index (χ3n) is 3.84. The van der Waals surface area contributed by atoms with Gasteiger partial charge in [0, 0.05) is 24.2 Å². The number of amides is 1. The van der Waals surface area contributed by atoms with Gasteiger partial charge in [0.25, 0.3) is 0 Å². The van der Waals surface area contributed by atoms with Crippen LogP contribution in [0.1, 0.15) is 19.4 Å². The Morgan fingerprint density at radius 1 is 1.56 bits per heavy atom. The van der Waals surface area contributed by atoms with Gasteiger partial charge in [-0.05, 0) is 25.5 Å². The second kappa shape index (κ2) is 4.78. The molecular formula is C13H17ClN2O2. The Morgan fingerprint density at radius 2 is 2.22 bits per heavy atom. The Balaban J connectivity index is 2.53. The lowest BCUT2D eigenvalue weighted by Gasteiger charge is -2.48. The maximum Gasteiger partial charge on any atom is 0.408 e. The van der Waals surface area contributed by atoms with E-state index in [0.717, 1.165) is 5.56 Å². The number of piperazine rings is 1. The predicted molar refractivity (Wildman–Crippen MR) is 71.0 cm³/mol. The van der Waals surface area contributed by atoms with Gasteiger partial charge in [-0.3, -0.25) is 4.90 Å². The maximum atomic E-state index is 11.5. The van der Waals surface area contributed by atoms with Crippen molar-refractivity contribution in [2.45, 2.75) is 25.4 Å². The molecule has 1 aliphatic heterocycles. The number of halogens is 1. The van der Waals surface area contributed by atoms with E-state index in [2.05, 4.69) is 5.32 Å². The minimum Gasteiger partial charge on any atom is -0.465 e. The fourth-order valence-electron chi connectivity index (χ4n) is 2.60. The van der Waals surface area contributed by atoms with Crippen LogP contribution >= 0.6 is 11.6 Å².